The number of carbonyl (C=O) groups is 1. The van der Waals surface area contributed by atoms with Crippen molar-refractivity contribution in [2.24, 2.45) is 5.92 Å². The number of nitrogens with zero attached hydrogens (tertiary/aromatic N) is 4. The number of carboxylic acids is 1. The summed E-state index contributed by atoms with van der Waals surface area (Å²) in [5, 5.41) is 20.2. The number of aromatic nitrogens is 4. The fraction of sp³-hybridized carbons (Fsp3) is 0.818. The van der Waals surface area contributed by atoms with Gasteiger partial charge in [-0.3, -0.25) is 4.79 Å². The van der Waals surface area contributed by atoms with Crippen molar-refractivity contribution >= 4 is 5.97 Å². The van der Waals surface area contributed by atoms with Crippen molar-refractivity contribution in [2.45, 2.75) is 51.5 Å². The van der Waals surface area contributed by atoms with Crippen molar-refractivity contribution in [1.29, 1.82) is 0 Å². The number of carboxylic acid groups (broad SMARTS) is 1. The maximum absolute atomic E-state index is 10.4. The summed E-state index contributed by atoms with van der Waals surface area (Å²) in [7, 11) is 0. The molecule has 17 heavy (non-hydrogen) atoms. The summed E-state index contributed by atoms with van der Waals surface area (Å²) in [6, 6.07) is 0. The van der Waals surface area contributed by atoms with Crippen LogP contribution in [0.3, 0.4) is 0 Å². The highest BCUT2D eigenvalue weighted by molar-refractivity contribution is 5.66. The Labute approximate surface area is 100 Å². The van der Waals surface area contributed by atoms with E-state index < -0.39 is 5.97 Å². The SMILES string of the molecule is O=C(O)CCCn1nnnc1CC1CCCC1. The first kappa shape index (κ1) is 12.0. The molecule has 1 aromatic heterocycles. The molecule has 1 saturated carbocycles. The molecular weight excluding hydrogens is 220 g/mol. The van der Waals surface area contributed by atoms with Crippen molar-refractivity contribution in [2.75, 3.05) is 0 Å². The molecule has 94 valence electrons. The second-order valence-electron chi connectivity index (χ2n) is 4.67. The minimum Gasteiger partial charge on any atom is -0.481 e. The Morgan fingerprint density at radius 1 is 1.41 bits per heavy atom. The van der Waals surface area contributed by atoms with Crippen LogP contribution in [0.4, 0.5) is 0 Å². The van der Waals surface area contributed by atoms with Gasteiger partial charge in [-0.1, -0.05) is 25.7 Å². The Morgan fingerprint density at radius 2 is 2.18 bits per heavy atom. The van der Waals surface area contributed by atoms with E-state index in [9.17, 15) is 4.79 Å². The molecule has 6 heteroatoms. The Balaban J connectivity index is 1.85. The zero-order valence-corrected chi connectivity index (χ0v) is 9.88. The van der Waals surface area contributed by atoms with E-state index in [1.807, 2.05) is 0 Å². The summed E-state index contributed by atoms with van der Waals surface area (Å²) < 4.78 is 1.75. The van der Waals surface area contributed by atoms with Crippen LogP contribution in [0.15, 0.2) is 0 Å². The van der Waals surface area contributed by atoms with Crippen LogP contribution in [-0.4, -0.2) is 31.3 Å². The molecule has 1 fully saturated rings. The number of aryl methyl sites for hydroxylation is 1. The molecule has 0 amide bonds. The van der Waals surface area contributed by atoms with Gasteiger partial charge in [0.2, 0.25) is 0 Å². The monoisotopic (exact) mass is 238 g/mol. The van der Waals surface area contributed by atoms with Gasteiger partial charge in [0.15, 0.2) is 5.82 Å². The zero-order chi connectivity index (χ0) is 12.1. The maximum Gasteiger partial charge on any atom is 0.303 e. The molecule has 6 nitrogen and oxygen atoms in total. The summed E-state index contributed by atoms with van der Waals surface area (Å²) in [6.07, 6.45) is 6.83. The molecule has 1 aliphatic rings. The third-order valence-electron chi connectivity index (χ3n) is 3.31. The largest absolute Gasteiger partial charge is 0.481 e. The molecule has 0 spiro atoms. The van der Waals surface area contributed by atoms with Gasteiger partial charge in [0, 0.05) is 19.4 Å². The van der Waals surface area contributed by atoms with Crippen LogP contribution < -0.4 is 0 Å². The lowest BCUT2D eigenvalue weighted by molar-refractivity contribution is -0.137. The van der Waals surface area contributed by atoms with E-state index in [1.165, 1.54) is 25.7 Å². The molecule has 2 rings (SSSR count). The molecule has 1 heterocycles. The van der Waals surface area contributed by atoms with Crippen molar-refractivity contribution in [3.05, 3.63) is 5.82 Å². The topological polar surface area (TPSA) is 80.9 Å². The van der Waals surface area contributed by atoms with E-state index in [0.717, 1.165) is 12.2 Å². The lowest BCUT2D eigenvalue weighted by Gasteiger charge is -2.08. The van der Waals surface area contributed by atoms with Gasteiger partial charge >= 0.3 is 5.97 Å². The van der Waals surface area contributed by atoms with Crippen LogP contribution in [0.25, 0.3) is 0 Å². The number of hydrogen-bond donors (Lipinski definition) is 1. The Hall–Kier alpha value is -1.46. The Kier molecular flexibility index (Phi) is 4.06. The maximum atomic E-state index is 10.4. The molecule has 0 bridgehead atoms. The molecule has 0 aromatic carbocycles. The highest BCUT2D eigenvalue weighted by Crippen LogP contribution is 2.27. The Morgan fingerprint density at radius 3 is 2.88 bits per heavy atom. The third-order valence-corrected chi connectivity index (χ3v) is 3.31. The number of tetrazole rings is 1. The highest BCUT2D eigenvalue weighted by atomic mass is 16.4. The van der Waals surface area contributed by atoms with Crippen LogP contribution >= 0.6 is 0 Å². The summed E-state index contributed by atoms with van der Waals surface area (Å²) in [5.41, 5.74) is 0. The molecule has 0 unspecified atom stereocenters. The van der Waals surface area contributed by atoms with Crippen LogP contribution in [0.2, 0.25) is 0 Å². The average Bonchev–Trinajstić information content (AvgIpc) is 2.91. The predicted octanol–water partition coefficient (Wildman–Crippen LogP) is 1.27. The minimum atomic E-state index is -0.768. The van der Waals surface area contributed by atoms with Crippen LogP contribution in [-0.2, 0) is 17.8 Å². The molecular formula is C11H18N4O2. The van der Waals surface area contributed by atoms with Gasteiger partial charge in [-0.15, -0.1) is 5.10 Å². The number of rotatable bonds is 6. The molecule has 0 aliphatic heterocycles. The van der Waals surface area contributed by atoms with Crippen molar-refractivity contribution in [1.82, 2.24) is 20.2 Å². The van der Waals surface area contributed by atoms with Gasteiger partial charge in [-0.05, 0) is 22.8 Å². The van der Waals surface area contributed by atoms with Gasteiger partial charge in [0.05, 0.1) is 0 Å². The van der Waals surface area contributed by atoms with Crippen molar-refractivity contribution in [3.63, 3.8) is 0 Å². The van der Waals surface area contributed by atoms with E-state index in [4.69, 9.17) is 5.11 Å². The summed E-state index contributed by atoms with van der Waals surface area (Å²) in [4.78, 5) is 10.4. The second kappa shape index (κ2) is 5.75. The summed E-state index contributed by atoms with van der Waals surface area (Å²) >= 11 is 0. The first-order valence-corrected chi connectivity index (χ1v) is 6.22. The molecule has 1 aliphatic carbocycles. The first-order chi connectivity index (χ1) is 8.25. The summed E-state index contributed by atoms with van der Waals surface area (Å²) in [5.74, 6) is 0.844. The fourth-order valence-electron chi connectivity index (χ4n) is 2.40. The van der Waals surface area contributed by atoms with E-state index in [1.54, 1.807) is 4.68 Å². The smallest absolute Gasteiger partial charge is 0.303 e. The van der Waals surface area contributed by atoms with Gasteiger partial charge < -0.3 is 5.11 Å². The lowest BCUT2D eigenvalue weighted by Crippen LogP contribution is -2.11. The predicted molar refractivity (Wildman–Crippen MR) is 60.3 cm³/mol. The van der Waals surface area contributed by atoms with Gasteiger partial charge in [0.25, 0.3) is 0 Å². The van der Waals surface area contributed by atoms with Crippen molar-refractivity contribution in [3.8, 4) is 0 Å². The molecule has 0 saturated heterocycles. The second-order valence-corrected chi connectivity index (χ2v) is 4.67. The van der Waals surface area contributed by atoms with Gasteiger partial charge in [-0.25, -0.2) is 4.68 Å². The highest BCUT2D eigenvalue weighted by Gasteiger charge is 2.18. The van der Waals surface area contributed by atoms with E-state index in [-0.39, 0.29) is 6.42 Å². The van der Waals surface area contributed by atoms with E-state index in [2.05, 4.69) is 15.5 Å². The van der Waals surface area contributed by atoms with Crippen LogP contribution in [0.1, 0.15) is 44.3 Å². The first-order valence-electron chi connectivity index (χ1n) is 6.22. The minimum absolute atomic E-state index is 0.169. The standard InChI is InChI=1S/C11H18N4O2/c16-11(17)6-3-7-15-10(12-13-14-15)8-9-4-1-2-5-9/h9H,1-8H2,(H,16,17). The van der Waals surface area contributed by atoms with Crippen molar-refractivity contribution < 1.29 is 9.90 Å². The number of hydrogen-bond acceptors (Lipinski definition) is 4. The third kappa shape index (κ3) is 3.51. The van der Waals surface area contributed by atoms with Crippen LogP contribution in [0.5, 0.6) is 0 Å². The quantitative estimate of drug-likeness (QED) is 0.807. The Bertz CT molecular complexity index is 371. The molecule has 0 atom stereocenters. The molecule has 1 N–H and O–H groups in total. The zero-order valence-electron chi connectivity index (χ0n) is 9.88. The lowest BCUT2D eigenvalue weighted by atomic mass is 10.0. The summed E-state index contributed by atoms with van der Waals surface area (Å²) in [6.45, 7) is 0.599. The average molecular weight is 238 g/mol. The normalized spacial score (nSPS) is 16.5. The molecule has 0 radical (unpaired) electrons. The number of aliphatic carboxylic acids is 1. The molecule has 1 aromatic rings. The van der Waals surface area contributed by atoms with Gasteiger partial charge in [-0.2, -0.15) is 0 Å². The van der Waals surface area contributed by atoms with E-state index >= 15 is 0 Å². The van der Waals surface area contributed by atoms with E-state index in [0.29, 0.717) is 18.9 Å². The fourth-order valence-corrected chi connectivity index (χ4v) is 2.40. The van der Waals surface area contributed by atoms with Crippen LogP contribution in [0, 0.1) is 5.92 Å². The van der Waals surface area contributed by atoms with Gasteiger partial charge in [0.1, 0.15) is 0 Å².